The highest BCUT2D eigenvalue weighted by atomic mass is 16.5. The average molecular weight is 397 g/mol. The van der Waals surface area contributed by atoms with Gasteiger partial charge in [0.05, 0.1) is 35.4 Å². The molecule has 1 aliphatic rings. The van der Waals surface area contributed by atoms with E-state index in [0.29, 0.717) is 29.4 Å². The van der Waals surface area contributed by atoms with E-state index < -0.39 is 0 Å². The van der Waals surface area contributed by atoms with Crippen LogP contribution in [0.3, 0.4) is 0 Å². The third-order valence-electron chi connectivity index (χ3n) is 5.30. The number of aryl methyl sites for hydroxylation is 1. The van der Waals surface area contributed by atoms with Crippen molar-refractivity contribution in [1.82, 2.24) is 24.5 Å². The maximum absolute atomic E-state index is 9.61. The van der Waals surface area contributed by atoms with Crippen molar-refractivity contribution in [3.8, 4) is 28.8 Å². The van der Waals surface area contributed by atoms with Gasteiger partial charge in [-0.05, 0) is 32.0 Å². The molecule has 0 fully saturated rings. The first-order valence-electron chi connectivity index (χ1n) is 9.57. The Labute approximate surface area is 173 Å². The topological polar surface area (TPSA) is 108 Å². The van der Waals surface area contributed by atoms with Crippen LogP contribution < -0.4 is 10.5 Å². The molecule has 0 saturated heterocycles. The van der Waals surface area contributed by atoms with Crippen molar-refractivity contribution in [1.29, 1.82) is 5.26 Å². The zero-order valence-corrected chi connectivity index (χ0v) is 16.6. The van der Waals surface area contributed by atoms with E-state index in [-0.39, 0.29) is 6.10 Å². The Bertz CT molecular complexity index is 1310. The number of nitriles is 1. The zero-order chi connectivity index (χ0) is 20.8. The summed E-state index contributed by atoms with van der Waals surface area (Å²) in [5.41, 5.74) is 11.9. The van der Waals surface area contributed by atoms with Gasteiger partial charge in [0.1, 0.15) is 12.2 Å². The number of ether oxygens (including phenoxy) is 1. The fourth-order valence-electron chi connectivity index (χ4n) is 3.84. The molecule has 4 aromatic rings. The second kappa shape index (κ2) is 6.74. The molecule has 3 aromatic heterocycles. The Balaban J connectivity index is 1.81. The van der Waals surface area contributed by atoms with Gasteiger partial charge in [-0.25, -0.2) is 9.67 Å². The number of nitrogens with two attached hydrogens (primary N) is 1. The number of benzene rings is 1. The van der Waals surface area contributed by atoms with Crippen molar-refractivity contribution >= 4 is 5.82 Å². The molecule has 2 N–H and O–H groups in total. The molecule has 1 atom stereocenters. The van der Waals surface area contributed by atoms with Gasteiger partial charge in [-0.1, -0.05) is 17.7 Å². The molecule has 0 saturated carbocycles. The minimum Gasteiger partial charge on any atom is -0.482 e. The van der Waals surface area contributed by atoms with Gasteiger partial charge >= 0.3 is 0 Å². The smallest absolute Gasteiger partial charge is 0.166 e. The van der Waals surface area contributed by atoms with Crippen molar-refractivity contribution in [3.05, 3.63) is 71.3 Å². The Morgan fingerprint density at radius 1 is 1.20 bits per heavy atom. The van der Waals surface area contributed by atoms with Crippen LogP contribution in [0.25, 0.3) is 16.9 Å². The van der Waals surface area contributed by atoms with Crippen LogP contribution >= 0.6 is 0 Å². The molecule has 0 radical (unpaired) electrons. The number of nitrogens with zero attached hydrogens (tertiary/aromatic N) is 6. The van der Waals surface area contributed by atoms with Crippen LogP contribution in [0.5, 0.6) is 5.75 Å². The number of fused-ring (bicyclic) bond motifs is 7. The van der Waals surface area contributed by atoms with E-state index in [0.717, 1.165) is 28.1 Å². The van der Waals surface area contributed by atoms with Gasteiger partial charge in [0, 0.05) is 23.5 Å². The van der Waals surface area contributed by atoms with Crippen LogP contribution in [0.15, 0.2) is 48.9 Å². The molecule has 0 spiro atoms. The Hall–Kier alpha value is -4.12. The average Bonchev–Trinajstić information content (AvgIpc) is 3.36. The number of anilines is 1. The lowest BCUT2D eigenvalue weighted by Gasteiger charge is -2.22. The Morgan fingerprint density at radius 2 is 2.07 bits per heavy atom. The van der Waals surface area contributed by atoms with Crippen molar-refractivity contribution in [2.75, 3.05) is 5.73 Å². The molecule has 0 aliphatic carbocycles. The lowest BCUT2D eigenvalue weighted by Crippen LogP contribution is -2.15. The van der Waals surface area contributed by atoms with Crippen molar-refractivity contribution < 1.29 is 4.74 Å². The van der Waals surface area contributed by atoms with Gasteiger partial charge in [-0.15, -0.1) is 0 Å². The minimum atomic E-state index is -0.295. The van der Waals surface area contributed by atoms with Crippen LogP contribution in [0.4, 0.5) is 5.82 Å². The highest BCUT2D eigenvalue weighted by Gasteiger charge is 2.22. The van der Waals surface area contributed by atoms with E-state index in [1.54, 1.807) is 23.3 Å². The largest absolute Gasteiger partial charge is 0.482 e. The van der Waals surface area contributed by atoms with Crippen LogP contribution in [0.2, 0.25) is 0 Å². The summed E-state index contributed by atoms with van der Waals surface area (Å²) in [4.78, 5) is 4.31. The summed E-state index contributed by atoms with van der Waals surface area (Å²) >= 11 is 0. The lowest BCUT2D eigenvalue weighted by molar-refractivity contribution is 0.227. The molecule has 4 heterocycles. The van der Waals surface area contributed by atoms with E-state index in [2.05, 4.69) is 27.3 Å². The number of rotatable bonds is 0. The molecule has 0 unspecified atom stereocenters. The number of aromatic nitrogens is 5. The third-order valence-corrected chi connectivity index (χ3v) is 5.30. The maximum Gasteiger partial charge on any atom is 0.166 e. The summed E-state index contributed by atoms with van der Waals surface area (Å²) in [5, 5.41) is 18.6. The Morgan fingerprint density at radius 3 is 2.90 bits per heavy atom. The minimum absolute atomic E-state index is 0.293. The van der Waals surface area contributed by atoms with Crippen LogP contribution in [0, 0.1) is 18.3 Å². The van der Waals surface area contributed by atoms with E-state index in [1.165, 1.54) is 0 Å². The van der Waals surface area contributed by atoms with Gasteiger partial charge in [0.15, 0.2) is 11.6 Å². The highest BCUT2D eigenvalue weighted by Crippen LogP contribution is 2.35. The van der Waals surface area contributed by atoms with Gasteiger partial charge < -0.3 is 10.5 Å². The van der Waals surface area contributed by atoms with E-state index in [1.807, 2.05) is 42.8 Å². The van der Waals surface area contributed by atoms with Crippen molar-refractivity contribution in [2.24, 2.45) is 0 Å². The highest BCUT2D eigenvalue weighted by molar-refractivity contribution is 5.69. The summed E-state index contributed by atoms with van der Waals surface area (Å²) < 4.78 is 9.93. The summed E-state index contributed by atoms with van der Waals surface area (Å²) in [6.45, 7) is 4.46. The molecule has 2 bridgehead atoms. The molecule has 8 nitrogen and oxygen atoms in total. The molecule has 5 rings (SSSR count). The molecule has 148 valence electrons. The number of hydrogen-bond donors (Lipinski definition) is 1. The lowest BCUT2D eigenvalue weighted by atomic mass is 10.0. The van der Waals surface area contributed by atoms with Gasteiger partial charge in [-0.3, -0.25) is 4.68 Å². The second-order valence-corrected chi connectivity index (χ2v) is 7.34. The number of nitrogen functional groups attached to an aromatic ring is 1. The summed E-state index contributed by atoms with van der Waals surface area (Å²) in [7, 11) is 0. The third kappa shape index (κ3) is 2.79. The normalized spacial score (nSPS) is 14.9. The predicted octanol–water partition coefficient (Wildman–Crippen LogP) is 3.39. The monoisotopic (exact) mass is 397 g/mol. The fraction of sp³-hybridized carbons (Fsp3) is 0.182. The standard InChI is InChI=1S/C22H19N7O/c1-13-3-4-19-18(7-13)14(2)30-20-8-15(10-25-22(20)24)21-16(9-23)11-27-28(21)12-17-5-6-26-29(17)19/h3-8,10-11,14H,12H2,1-2H3,(H2,24,25)/t14-/m1/s1. The zero-order valence-electron chi connectivity index (χ0n) is 16.6. The first kappa shape index (κ1) is 17.9. The molecule has 8 heteroatoms. The molecule has 1 aliphatic heterocycles. The molecular formula is C22H19N7O. The summed E-state index contributed by atoms with van der Waals surface area (Å²) in [6, 6.07) is 12.2. The summed E-state index contributed by atoms with van der Waals surface area (Å²) in [6.07, 6.45) is 4.67. The SMILES string of the molecule is Cc1ccc2c(c1)[C@@H](C)Oc1cc(cnc1N)-c1c(C#N)cnn1Cc1ccnn1-2. The van der Waals surface area contributed by atoms with Gasteiger partial charge in [0.2, 0.25) is 0 Å². The maximum atomic E-state index is 9.61. The molecule has 1 aromatic carbocycles. The molecule has 30 heavy (non-hydrogen) atoms. The Kier molecular flexibility index (Phi) is 4.03. The van der Waals surface area contributed by atoms with Crippen LogP contribution in [0.1, 0.15) is 35.4 Å². The first-order valence-corrected chi connectivity index (χ1v) is 9.57. The van der Waals surface area contributed by atoms with E-state index in [9.17, 15) is 5.26 Å². The van der Waals surface area contributed by atoms with Gasteiger partial charge in [0.25, 0.3) is 0 Å². The number of pyridine rings is 1. The predicted molar refractivity (Wildman–Crippen MR) is 111 cm³/mol. The second-order valence-electron chi connectivity index (χ2n) is 7.34. The molecular weight excluding hydrogens is 378 g/mol. The van der Waals surface area contributed by atoms with Crippen molar-refractivity contribution in [2.45, 2.75) is 26.5 Å². The van der Waals surface area contributed by atoms with Crippen molar-refractivity contribution in [3.63, 3.8) is 0 Å². The van der Waals surface area contributed by atoms with Gasteiger partial charge in [-0.2, -0.15) is 15.5 Å². The van der Waals surface area contributed by atoms with Crippen LogP contribution in [-0.2, 0) is 6.54 Å². The summed E-state index contributed by atoms with van der Waals surface area (Å²) in [5.74, 6) is 0.756. The number of hydrogen-bond acceptors (Lipinski definition) is 6. The first-order chi connectivity index (χ1) is 14.5. The van der Waals surface area contributed by atoms with Crippen LogP contribution in [-0.4, -0.2) is 24.5 Å². The van der Waals surface area contributed by atoms with E-state index >= 15 is 0 Å². The quantitative estimate of drug-likeness (QED) is 0.487. The van der Waals surface area contributed by atoms with E-state index in [4.69, 9.17) is 10.5 Å². The fourth-order valence-corrected chi connectivity index (χ4v) is 3.84. The molecule has 0 amide bonds.